The fourth-order valence-corrected chi connectivity index (χ4v) is 1.64. The molecule has 0 fully saturated rings. The van der Waals surface area contributed by atoms with Crippen LogP contribution in [0.3, 0.4) is 0 Å². The van der Waals surface area contributed by atoms with Gasteiger partial charge in [-0.15, -0.1) is 0 Å². The largest absolute Gasteiger partial charge is 0.317 e. The maximum Gasteiger partial charge on any atom is 0.256 e. The van der Waals surface area contributed by atoms with Crippen LogP contribution in [0.1, 0.15) is 15.9 Å². The predicted molar refractivity (Wildman–Crippen MR) is 65.4 cm³/mol. The molecule has 0 aliphatic heterocycles. The van der Waals surface area contributed by atoms with Crippen molar-refractivity contribution in [2.24, 2.45) is 0 Å². The van der Waals surface area contributed by atoms with E-state index < -0.39 is 29.0 Å². The van der Waals surface area contributed by atoms with Crippen LogP contribution >= 0.6 is 0 Å². The summed E-state index contributed by atoms with van der Waals surface area (Å²) in [5.74, 6) is -3.13. The van der Waals surface area contributed by atoms with E-state index in [-0.39, 0.29) is 5.56 Å². The zero-order chi connectivity index (χ0) is 14.0. The lowest BCUT2D eigenvalue weighted by Gasteiger charge is -2.09. The molecule has 0 spiro atoms. The first kappa shape index (κ1) is 13.1. The Bertz CT molecular complexity index is 620. The highest BCUT2D eigenvalue weighted by Crippen LogP contribution is 2.20. The second-order valence-electron chi connectivity index (χ2n) is 4.01. The molecule has 0 heterocycles. The quantitative estimate of drug-likeness (QED) is 0.882. The summed E-state index contributed by atoms with van der Waals surface area (Å²) in [5, 5.41) is 2.11. The number of carbonyl (C=O) groups excluding carboxylic acids is 1. The van der Waals surface area contributed by atoms with Crippen LogP contribution in [0.2, 0.25) is 0 Å². The van der Waals surface area contributed by atoms with Gasteiger partial charge in [0.25, 0.3) is 5.91 Å². The molecule has 0 aromatic heterocycles. The Balaban J connectivity index is 2.34. The van der Waals surface area contributed by atoms with E-state index in [1.54, 1.807) is 6.92 Å². The molecule has 19 heavy (non-hydrogen) atoms. The van der Waals surface area contributed by atoms with E-state index in [0.717, 1.165) is 18.2 Å². The smallest absolute Gasteiger partial charge is 0.256 e. The van der Waals surface area contributed by atoms with Gasteiger partial charge >= 0.3 is 0 Å². The molecule has 1 amide bonds. The lowest BCUT2D eigenvalue weighted by Crippen LogP contribution is -2.15. The van der Waals surface area contributed by atoms with Crippen LogP contribution in [-0.4, -0.2) is 5.91 Å². The van der Waals surface area contributed by atoms with Crippen molar-refractivity contribution in [3.05, 3.63) is 65.0 Å². The molecule has 0 aliphatic rings. The Hall–Kier alpha value is -2.30. The molecule has 0 bridgehead atoms. The second-order valence-corrected chi connectivity index (χ2v) is 4.01. The topological polar surface area (TPSA) is 29.1 Å². The lowest BCUT2D eigenvalue weighted by atomic mass is 10.1. The third kappa shape index (κ3) is 2.76. The van der Waals surface area contributed by atoms with Gasteiger partial charge in [-0.05, 0) is 36.8 Å². The van der Waals surface area contributed by atoms with Gasteiger partial charge in [-0.2, -0.15) is 0 Å². The number of aryl methyl sites for hydroxylation is 1. The number of nitrogens with one attached hydrogen (secondary N) is 1. The van der Waals surface area contributed by atoms with Crippen LogP contribution in [0.15, 0.2) is 36.4 Å². The van der Waals surface area contributed by atoms with Crippen molar-refractivity contribution in [3.8, 4) is 0 Å². The summed E-state index contributed by atoms with van der Waals surface area (Å²) < 4.78 is 39.8. The minimum Gasteiger partial charge on any atom is -0.317 e. The first-order valence-corrected chi connectivity index (χ1v) is 5.50. The Labute approximate surface area is 107 Å². The SMILES string of the molecule is Cc1ccc(F)cc1C(=O)Nc1c(F)cccc1F. The summed E-state index contributed by atoms with van der Waals surface area (Å²) >= 11 is 0. The number of anilines is 1. The van der Waals surface area contributed by atoms with E-state index in [2.05, 4.69) is 5.32 Å². The molecule has 2 aromatic rings. The van der Waals surface area contributed by atoms with E-state index in [0.29, 0.717) is 5.56 Å². The number of amides is 1. The zero-order valence-corrected chi connectivity index (χ0v) is 10.0. The molecule has 0 saturated carbocycles. The predicted octanol–water partition coefficient (Wildman–Crippen LogP) is 3.66. The monoisotopic (exact) mass is 265 g/mol. The Morgan fingerprint density at radius 3 is 2.32 bits per heavy atom. The van der Waals surface area contributed by atoms with E-state index in [9.17, 15) is 18.0 Å². The highest BCUT2D eigenvalue weighted by atomic mass is 19.1. The second kappa shape index (κ2) is 5.14. The van der Waals surface area contributed by atoms with Gasteiger partial charge in [0.15, 0.2) is 0 Å². The van der Waals surface area contributed by atoms with Crippen LogP contribution in [0, 0.1) is 24.4 Å². The molecular formula is C14H10F3NO. The normalized spacial score (nSPS) is 10.3. The minimum atomic E-state index is -0.887. The van der Waals surface area contributed by atoms with Crippen molar-refractivity contribution in [3.63, 3.8) is 0 Å². The first-order chi connectivity index (χ1) is 8.99. The molecule has 0 aliphatic carbocycles. The molecule has 5 heteroatoms. The zero-order valence-electron chi connectivity index (χ0n) is 10.0. The lowest BCUT2D eigenvalue weighted by molar-refractivity contribution is 0.102. The number of halogens is 3. The van der Waals surface area contributed by atoms with Crippen molar-refractivity contribution >= 4 is 11.6 Å². The van der Waals surface area contributed by atoms with Crippen molar-refractivity contribution in [2.45, 2.75) is 6.92 Å². The molecule has 2 nitrogen and oxygen atoms in total. The fraction of sp³-hybridized carbons (Fsp3) is 0.0714. The Morgan fingerprint density at radius 2 is 1.68 bits per heavy atom. The molecule has 2 aromatic carbocycles. The van der Waals surface area contributed by atoms with E-state index >= 15 is 0 Å². The molecule has 0 radical (unpaired) electrons. The molecule has 2 rings (SSSR count). The van der Waals surface area contributed by atoms with Gasteiger partial charge in [-0.1, -0.05) is 12.1 Å². The maximum absolute atomic E-state index is 13.4. The maximum atomic E-state index is 13.4. The molecule has 0 atom stereocenters. The first-order valence-electron chi connectivity index (χ1n) is 5.50. The summed E-state index contributed by atoms with van der Waals surface area (Å²) in [5.41, 5.74) is -0.00513. The van der Waals surface area contributed by atoms with E-state index in [1.165, 1.54) is 18.2 Å². The van der Waals surface area contributed by atoms with Crippen LogP contribution < -0.4 is 5.32 Å². The summed E-state index contributed by atoms with van der Waals surface area (Å²) in [6.07, 6.45) is 0. The van der Waals surface area contributed by atoms with Crippen LogP contribution in [-0.2, 0) is 0 Å². The summed E-state index contributed by atoms with van der Waals surface area (Å²) in [6, 6.07) is 6.88. The summed E-state index contributed by atoms with van der Waals surface area (Å²) in [6.45, 7) is 1.60. The standard InChI is InChI=1S/C14H10F3NO/c1-8-5-6-9(15)7-10(8)14(19)18-13-11(16)3-2-4-12(13)17/h2-7H,1H3,(H,18,19). The molecule has 0 unspecified atom stereocenters. The summed E-state index contributed by atoms with van der Waals surface area (Å²) in [7, 11) is 0. The number of hydrogen-bond donors (Lipinski definition) is 1. The third-order valence-electron chi connectivity index (χ3n) is 2.65. The minimum absolute atomic E-state index is 0.0302. The molecule has 0 saturated heterocycles. The van der Waals surface area contributed by atoms with Gasteiger partial charge in [0.1, 0.15) is 23.1 Å². The van der Waals surface area contributed by atoms with Crippen molar-refractivity contribution in [2.75, 3.05) is 5.32 Å². The van der Waals surface area contributed by atoms with Crippen LogP contribution in [0.5, 0.6) is 0 Å². The van der Waals surface area contributed by atoms with Crippen LogP contribution in [0.25, 0.3) is 0 Å². The third-order valence-corrected chi connectivity index (χ3v) is 2.65. The molecule has 1 N–H and O–H groups in total. The highest BCUT2D eigenvalue weighted by Gasteiger charge is 2.15. The van der Waals surface area contributed by atoms with Gasteiger partial charge in [0.2, 0.25) is 0 Å². The Morgan fingerprint density at radius 1 is 1.05 bits per heavy atom. The number of benzene rings is 2. The average molecular weight is 265 g/mol. The number of hydrogen-bond acceptors (Lipinski definition) is 1. The van der Waals surface area contributed by atoms with Gasteiger partial charge in [0.05, 0.1) is 0 Å². The number of para-hydroxylation sites is 1. The molecule has 98 valence electrons. The van der Waals surface area contributed by atoms with Crippen molar-refractivity contribution in [1.29, 1.82) is 0 Å². The average Bonchev–Trinajstić information content (AvgIpc) is 2.37. The van der Waals surface area contributed by atoms with Crippen LogP contribution in [0.4, 0.5) is 18.9 Å². The number of carbonyl (C=O) groups is 1. The van der Waals surface area contributed by atoms with Gasteiger partial charge in [-0.25, -0.2) is 13.2 Å². The fourth-order valence-electron chi connectivity index (χ4n) is 1.64. The Kier molecular flexibility index (Phi) is 3.55. The van der Waals surface area contributed by atoms with Crippen molar-refractivity contribution in [1.82, 2.24) is 0 Å². The summed E-state index contributed by atoms with van der Waals surface area (Å²) in [4.78, 5) is 11.9. The highest BCUT2D eigenvalue weighted by molar-refractivity contribution is 6.05. The van der Waals surface area contributed by atoms with Crippen molar-refractivity contribution < 1.29 is 18.0 Å². The van der Waals surface area contributed by atoms with Gasteiger partial charge < -0.3 is 5.32 Å². The number of rotatable bonds is 2. The van der Waals surface area contributed by atoms with Gasteiger partial charge in [-0.3, -0.25) is 4.79 Å². The van der Waals surface area contributed by atoms with E-state index in [4.69, 9.17) is 0 Å². The van der Waals surface area contributed by atoms with Gasteiger partial charge in [0, 0.05) is 5.56 Å². The van der Waals surface area contributed by atoms with E-state index in [1.807, 2.05) is 0 Å². The molecular weight excluding hydrogens is 255 g/mol.